The number of carboxylic acids is 1. The average Bonchev–Trinajstić information content (AvgIpc) is 3.39. The molecule has 2 atom stereocenters. The average molecular weight is 440 g/mol. The summed E-state index contributed by atoms with van der Waals surface area (Å²) in [5.74, 6) is -2.26. The highest BCUT2D eigenvalue weighted by Crippen LogP contribution is 2.44. The molecule has 1 heterocycles. The molecule has 0 radical (unpaired) electrons. The summed E-state index contributed by atoms with van der Waals surface area (Å²) in [5.41, 5.74) is 2.85. The van der Waals surface area contributed by atoms with Gasteiger partial charge >= 0.3 is 12.1 Å². The van der Waals surface area contributed by atoms with Crippen LogP contribution in [0, 0.1) is 0 Å². The second-order valence-corrected chi connectivity index (χ2v) is 7.88. The molecule has 9 heteroatoms. The third-order valence-corrected chi connectivity index (χ3v) is 5.93. The van der Waals surface area contributed by atoms with Gasteiger partial charge in [-0.1, -0.05) is 48.5 Å². The number of carboxylic acid groups (broad SMARTS) is 1. The van der Waals surface area contributed by atoms with E-state index in [2.05, 4.69) is 10.6 Å². The van der Waals surface area contributed by atoms with Crippen molar-refractivity contribution < 1.29 is 34.1 Å². The predicted molar refractivity (Wildman–Crippen MR) is 113 cm³/mol. The first-order chi connectivity index (χ1) is 15.4. The van der Waals surface area contributed by atoms with Gasteiger partial charge in [-0.25, -0.2) is 9.59 Å². The molecule has 0 aromatic heterocycles. The van der Waals surface area contributed by atoms with E-state index in [0.29, 0.717) is 0 Å². The Morgan fingerprint density at radius 3 is 2.25 bits per heavy atom. The summed E-state index contributed by atoms with van der Waals surface area (Å²) in [6, 6.07) is 14.4. The van der Waals surface area contributed by atoms with Crippen LogP contribution in [0.4, 0.5) is 4.79 Å². The van der Waals surface area contributed by atoms with E-state index >= 15 is 0 Å². The molecule has 0 bridgehead atoms. The fourth-order valence-corrected chi connectivity index (χ4v) is 4.21. The number of hydrogen-bond acceptors (Lipinski definition) is 6. The summed E-state index contributed by atoms with van der Waals surface area (Å²) in [4.78, 5) is 36.5. The minimum absolute atomic E-state index is 0.0762. The molecule has 1 fully saturated rings. The largest absolute Gasteiger partial charge is 0.480 e. The lowest BCUT2D eigenvalue weighted by atomic mass is 9.97. The Labute approximate surface area is 184 Å². The highest BCUT2D eigenvalue weighted by Gasteiger charge is 2.45. The smallest absolute Gasteiger partial charge is 0.408 e. The molecule has 9 nitrogen and oxygen atoms in total. The molecule has 0 spiro atoms. The van der Waals surface area contributed by atoms with E-state index in [4.69, 9.17) is 14.6 Å². The number of aliphatic hydroxyl groups is 1. The monoisotopic (exact) mass is 440 g/mol. The Morgan fingerprint density at radius 2 is 1.72 bits per heavy atom. The number of rotatable bonds is 7. The van der Waals surface area contributed by atoms with Crippen LogP contribution in [0.1, 0.15) is 23.5 Å². The van der Waals surface area contributed by atoms with E-state index in [1.807, 2.05) is 48.5 Å². The summed E-state index contributed by atoms with van der Waals surface area (Å²) < 4.78 is 10.8. The molecule has 1 saturated heterocycles. The van der Waals surface area contributed by atoms with Crippen molar-refractivity contribution in [2.45, 2.75) is 23.9 Å². The quantitative estimate of drug-likeness (QED) is 0.509. The molecular formula is C23H24N2O7. The molecule has 0 saturated carbocycles. The lowest BCUT2D eigenvalue weighted by Crippen LogP contribution is -2.62. The molecule has 2 aromatic rings. The Morgan fingerprint density at radius 1 is 1.09 bits per heavy atom. The van der Waals surface area contributed by atoms with Crippen LogP contribution < -0.4 is 10.6 Å². The summed E-state index contributed by atoms with van der Waals surface area (Å²) in [7, 11) is 0. The van der Waals surface area contributed by atoms with Crippen molar-refractivity contribution >= 4 is 18.0 Å². The van der Waals surface area contributed by atoms with E-state index in [9.17, 15) is 19.5 Å². The Hall–Kier alpha value is -3.43. The zero-order chi connectivity index (χ0) is 22.7. The Balaban J connectivity index is 1.45. The predicted octanol–water partition coefficient (Wildman–Crippen LogP) is 1.25. The molecule has 168 valence electrons. The molecule has 2 aromatic carbocycles. The van der Waals surface area contributed by atoms with Gasteiger partial charge < -0.3 is 30.3 Å². The summed E-state index contributed by atoms with van der Waals surface area (Å²) in [6.07, 6.45) is -0.649. The van der Waals surface area contributed by atoms with Crippen molar-refractivity contribution in [2.24, 2.45) is 0 Å². The molecule has 4 rings (SSSR count). The van der Waals surface area contributed by atoms with Crippen LogP contribution in [-0.4, -0.2) is 66.2 Å². The van der Waals surface area contributed by atoms with Crippen LogP contribution in [-0.2, 0) is 19.1 Å². The second-order valence-electron chi connectivity index (χ2n) is 7.88. The Bertz CT molecular complexity index is 987. The number of aliphatic carboxylic acids is 1. The number of ether oxygens (including phenoxy) is 2. The molecule has 2 aliphatic rings. The number of fused-ring (bicyclic) bond motifs is 3. The summed E-state index contributed by atoms with van der Waals surface area (Å²) in [5, 5.41) is 23.1. The van der Waals surface area contributed by atoms with E-state index in [1.165, 1.54) is 0 Å². The maximum Gasteiger partial charge on any atom is 0.408 e. The zero-order valence-corrected chi connectivity index (χ0v) is 17.2. The fourth-order valence-electron chi connectivity index (χ4n) is 4.21. The van der Waals surface area contributed by atoms with E-state index < -0.39 is 36.2 Å². The third-order valence-electron chi connectivity index (χ3n) is 5.93. The van der Waals surface area contributed by atoms with Crippen LogP contribution in [0.2, 0.25) is 0 Å². The van der Waals surface area contributed by atoms with E-state index in [-0.39, 0.29) is 32.2 Å². The van der Waals surface area contributed by atoms with Crippen molar-refractivity contribution in [3.05, 3.63) is 59.7 Å². The maximum absolute atomic E-state index is 12.7. The summed E-state index contributed by atoms with van der Waals surface area (Å²) >= 11 is 0. The van der Waals surface area contributed by atoms with Crippen LogP contribution in [0.5, 0.6) is 0 Å². The topological polar surface area (TPSA) is 134 Å². The minimum Gasteiger partial charge on any atom is -0.480 e. The number of nitrogens with one attached hydrogen (secondary N) is 2. The van der Waals surface area contributed by atoms with Gasteiger partial charge in [0.05, 0.1) is 13.2 Å². The number of carbonyl (C=O) groups is 3. The van der Waals surface area contributed by atoms with Gasteiger partial charge in [-0.05, 0) is 22.3 Å². The van der Waals surface area contributed by atoms with Gasteiger partial charge in [0.15, 0.2) is 0 Å². The number of hydrogen-bond donors (Lipinski definition) is 4. The highest BCUT2D eigenvalue weighted by atomic mass is 16.6. The van der Waals surface area contributed by atoms with Crippen molar-refractivity contribution in [1.29, 1.82) is 0 Å². The van der Waals surface area contributed by atoms with Crippen LogP contribution in [0.3, 0.4) is 0 Å². The zero-order valence-electron chi connectivity index (χ0n) is 17.2. The number of benzene rings is 2. The molecule has 4 N–H and O–H groups in total. The third kappa shape index (κ3) is 4.04. The van der Waals surface area contributed by atoms with Crippen molar-refractivity contribution in [1.82, 2.24) is 10.6 Å². The first kappa shape index (κ1) is 21.8. The molecule has 1 aliphatic carbocycles. The van der Waals surface area contributed by atoms with Crippen molar-refractivity contribution in [3.63, 3.8) is 0 Å². The maximum atomic E-state index is 12.7. The highest BCUT2D eigenvalue weighted by molar-refractivity contribution is 5.93. The first-order valence-electron chi connectivity index (χ1n) is 10.3. The van der Waals surface area contributed by atoms with Gasteiger partial charge in [0, 0.05) is 18.9 Å². The van der Waals surface area contributed by atoms with Crippen LogP contribution >= 0.6 is 0 Å². The fraction of sp³-hybridized carbons (Fsp3) is 0.348. The second kappa shape index (κ2) is 8.97. The van der Waals surface area contributed by atoms with Gasteiger partial charge in [0.1, 0.15) is 18.2 Å². The molecule has 2 amide bonds. The first-order valence-corrected chi connectivity index (χ1v) is 10.3. The lowest BCUT2D eigenvalue weighted by molar-refractivity contribution is -0.144. The number of aliphatic hydroxyl groups excluding tert-OH is 1. The Kier molecular flexibility index (Phi) is 6.11. The molecule has 32 heavy (non-hydrogen) atoms. The van der Waals surface area contributed by atoms with Gasteiger partial charge in [0.2, 0.25) is 5.91 Å². The number of alkyl carbamates (subject to hydrolysis) is 1. The SMILES string of the molecule is O=C(NC1(C(=O)N[C@@H](CO)C(=O)O)CCOC1)OCC1c2ccccc2-c2ccccc21. The van der Waals surface area contributed by atoms with Gasteiger partial charge in [0.25, 0.3) is 0 Å². The van der Waals surface area contributed by atoms with Crippen LogP contribution in [0.25, 0.3) is 11.1 Å². The van der Waals surface area contributed by atoms with Crippen molar-refractivity contribution in [3.8, 4) is 11.1 Å². The number of carbonyl (C=O) groups excluding carboxylic acids is 2. The minimum atomic E-state index is -1.48. The standard InChI is InChI=1S/C23H24N2O7/c26-11-19(20(27)28)24-21(29)23(9-10-31-13-23)25-22(30)32-12-18-16-7-3-1-5-14(16)15-6-2-4-8-17(15)18/h1-8,18-19,26H,9-13H2,(H,24,29)(H,25,30)(H,27,28)/t19-,23?/m0/s1. The lowest BCUT2D eigenvalue weighted by Gasteiger charge is -2.28. The van der Waals surface area contributed by atoms with Gasteiger partial charge in [-0.3, -0.25) is 4.79 Å². The van der Waals surface area contributed by atoms with E-state index in [0.717, 1.165) is 22.3 Å². The normalized spacial score (nSPS) is 20.2. The molecule has 1 unspecified atom stereocenters. The summed E-state index contributed by atoms with van der Waals surface area (Å²) in [6.45, 7) is -0.607. The van der Waals surface area contributed by atoms with Crippen molar-refractivity contribution in [2.75, 3.05) is 26.4 Å². The molecular weight excluding hydrogens is 416 g/mol. The molecule has 1 aliphatic heterocycles. The van der Waals surface area contributed by atoms with Crippen LogP contribution in [0.15, 0.2) is 48.5 Å². The van der Waals surface area contributed by atoms with Gasteiger partial charge in [-0.2, -0.15) is 0 Å². The van der Waals surface area contributed by atoms with E-state index in [1.54, 1.807) is 0 Å². The van der Waals surface area contributed by atoms with Gasteiger partial charge in [-0.15, -0.1) is 0 Å². The number of amides is 2.